The fourth-order valence-electron chi connectivity index (χ4n) is 0.507. The van der Waals surface area contributed by atoms with Crippen molar-refractivity contribution in [3.63, 3.8) is 0 Å². The van der Waals surface area contributed by atoms with Crippen molar-refractivity contribution >= 4 is 18.0 Å². The van der Waals surface area contributed by atoms with E-state index >= 15 is 0 Å². The van der Waals surface area contributed by atoms with E-state index < -0.39 is 0 Å². The zero-order chi connectivity index (χ0) is 7.82. The fraction of sp³-hybridized carbons (Fsp3) is 0.833. The molecule has 2 N–H and O–H groups in total. The zero-order valence-corrected chi connectivity index (χ0v) is 7.25. The van der Waals surface area contributed by atoms with Gasteiger partial charge in [0.1, 0.15) is 0 Å². The molecule has 0 spiro atoms. The van der Waals surface area contributed by atoms with Crippen LogP contribution in [0.3, 0.4) is 0 Å². The Labute approximate surface area is 66.1 Å². The number of hydrogen-bond acceptors (Lipinski definition) is 2. The summed E-state index contributed by atoms with van der Waals surface area (Å²) in [4.78, 5) is 10.7. The summed E-state index contributed by atoms with van der Waals surface area (Å²) < 4.78 is 2.57. The van der Waals surface area contributed by atoms with Gasteiger partial charge in [0.05, 0.1) is 0 Å². The van der Waals surface area contributed by atoms with Crippen molar-refractivity contribution in [2.45, 2.75) is 19.8 Å². The summed E-state index contributed by atoms with van der Waals surface area (Å²) >= 11 is 1.31. The molecule has 0 atom stereocenters. The Hall–Kier alpha value is -0.380. The average molecular weight is 162 g/mol. The van der Waals surface area contributed by atoms with E-state index in [1.54, 1.807) is 0 Å². The lowest BCUT2D eigenvalue weighted by molar-refractivity contribution is 0.246. The average Bonchev–Trinajstić information content (AvgIpc) is 1.89. The van der Waals surface area contributed by atoms with Crippen LogP contribution in [0.4, 0.5) is 4.79 Å². The number of nitrogens with one attached hydrogen (secondary N) is 2. The van der Waals surface area contributed by atoms with Gasteiger partial charge in [0, 0.05) is 12.8 Å². The lowest BCUT2D eigenvalue weighted by Crippen LogP contribution is -2.31. The predicted octanol–water partition coefficient (Wildman–Crippen LogP) is 1.36. The van der Waals surface area contributed by atoms with Crippen molar-refractivity contribution in [2.24, 2.45) is 0 Å². The van der Waals surface area contributed by atoms with Gasteiger partial charge in [0.2, 0.25) is 0 Å². The summed E-state index contributed by atoms with van der Waals surface area (Å²) in [5, 5.41) is 2.71. The minimum Gasteiger partial charge on any atom is -0.337 e. The third kappa shape index (κ3) is 5.75. The lowest BCUT2D eigenvalue weighted by atomic mass is 10.3. The van der Waals surface area contributed by atoms with Crippen LogP contribution in [0.15, 0.2) is 0 Å². The van der Waals surface area contributed by atoms with Gasteiger partial charge in [-0.25, -0.2) is 4.79 Å². The first kappa shape index (κ1) is 9.62. The summed E-state index contributed by atoms with van der Waals surface area (Å²) in [6.45, 7) is 2.86. The smallest absolute Gasteiger partial charge is 0.324 e. The third-order valence-electron chi connectivity index (χ3n) is 1.01. The second-order valence-electron chi connectivity index (χ2n) is 1.92. The van der Waals surface area contributed by atoms with Crippen molar-refractivity contribution < 1.29 is 4.79 Å². The molecule has 0 rings (SSSR count). The first-order valence-corrected chi connectivity index (χ1v) is 4.60. The highest BCUT2D eigenvalue weighted by Crippen LogP contribution is 1.84. The van der Waals surface area contributed by atoms with Gasteiger partial charge in [-0.15, -0.1) is 0 Å². The molecule has 0 heterocycles. The third-order valence-corrected chi connectivity index (χ3v) is 1.40. The largest absolute Gasteiger partial charge is 0.337 e. The lowest BCUT2D eigenvalue weighted by Gasteiger charge is -2.02. The Bertz CT molecular complexity index is 97.7. The Morgan fingerprint density at radius 1 is 1.60 bits per heavy atom. The molecule has 0 radical (unpaired) electrons. The molecule has 0 unspecified atom stereocenters. The fourth-order valence-corrected chi connectivity index (χ4v) is 0.765. The van der Waals surface area contributed by atoms with Crippen LogP contribution in [0.1, 0.15) is 19.8 Å². The number of rotatable bonds is 4. The second kappa shape index (κ2) is 6.74. The van der Waals surface area contributed by atoms with Crippen LogP contribution in [0.25, 0.3) is 0 Å². The van der Waals surface area contributed by atoms with E-state index in [2.05, 4.69) is 17.0 Å². The van der Waals surface area contributed by atoms with Gasteiger partial charge >= 0.3 is 6.03 Å². The predicted molar refractivity (Wildman–Crippen MR) is 45.0 cm³/mol. The maximum absolute atomic E-state index is 10.7. The van der Waals surface area contributed by atoms with E-state index in [1.165, 1.54) is 11.9 Å². The van der Waals surface area contributed by atoms with Gasteiger partial charge in [0.15, 0.2) is 0 Å². The Kier molecular flexibility index (Phi) is 6.48. The molecule has 60 valence electrons. The van der Waals surface area contributed by atoms with Crippen LogP contribution in [-0.4, -0.2) is 18.8 Å². The van der Waals surface area contributed by atoms with E-state index in [0.29, 0.717) is 0 Å². The highest BCUT2D eigenvalue weighted by Gasteiger charge is 1.93. The molecule has 0 aliphatic carbocycles. The summed E-state index contributed by atoms with van der Waals surface area (Å²) in [5.41, 5.74) is 0. The minimum atomic E-state index is -0.0963. The molecule has 3 nitrogen and oxygen atoms in total. The molecule has 2 amide bonds. The Morgan fingerprint density at radius 2 is 2.30 bits per heavy atom. The Balaban J connectivity index is 3.05. The quantitative estimate of drug-likeness (QED) is 0.484. The molecule has 0 fully saturated rings. The van der Waals surface area contributed by atoms with Crippen LogP contribution >= 0.6 is 11.9 Å². The van der Waals surface area contributed by atoms with Crippen molar-refractivity contribution in [2.75, 3.05) is 12.8 Å². The summed E-state index contributed by atoms with van der Waals surface area (Å²) in [7, 11) is 0. The first-order valence-electron chi connectivity index (χ1n) is 3.38. The van der Waals surface area contributed by atoms with Crippen molar-refractivity contribution in [1.29, 1.82) is 0 Å². The van der Waals surface area contributed by atoms with Gasteiger partial charge in [-0.3, -0.25) is 4.72 Å². The maximum atomic E-state index is 10.7. The van der Waals surface area contributed by atoms with Gasteiger partial charge in [-0.05, 0) is 6.42 Å². The number of hydrogen-bond donors (Lipinski definition) is 2. The Morgan fingerprint density at radius 3 is 2.80 bits per heavy atom. The van der Waals surface area contributed by atoms with Gasteiger partial charge in [0.25, 0.3) is 0 Å². The summed E-state index contributed by atoms with van der Waals surface area (Å²) in [6.07, 6.45) is 3.97. The van der Waals surface area contributed by atoms with Gasteiger partial charge < -0.3 is 5.32 Å². The van der Waals surface area contributed by atoms with E-state index in [0.717, 1.165) is 19.4 Å². The van der Waals surface area contributed by atoms with Crippen LogP contribution in [0.5, 0.6) is 0 Å². The first-order chi connectivity index (χ1) is 4.81. The molecular formula is C6H14N2OS. The minimum absolute atomic E-state index is 0.0963. The zero-order valence-electron chi connectivity index (χ0n) is 6.44. The van der Waals surface area contributed by atoms with E-state index in [-0.39, 0.29) is 6.03 Å². The van der Waals surface area contributed by atoms with Gasteiger partial charge in [-0.1, -0.05) is 25.3 Å². The normalized spacial score (nSPS) is 9.00. The van der Waals surface area contributed by atoms with Crippen molar-refractivity contribution in [1.82, 2.24) is 10.0 Å². The molecule has 0 saturated carbocycles. The highest BCUT2D eigenvalue weighted by atomic mass is 32.2. The molecule has 0 aliphatic heterocycles. The van der Waals surface area contributed by atoms with Crippen LogP contribution in [-0.2, 0) is 0 Å². The highest BCUT2D eigenvalue weighted by molar-refractivity contribution is 7.97. The molecule has 0 aliphatic rings. The monoisotopic (exact) mass is 162 g/mol. The maximum Gasteiger partial charge on any atom is 0.324 e. The van der Waals surface area contributed by atoms with Gasteiger partial charge in [-0.2, -0.15) is 0 Å². The summed E-state index contributed by atoms with van der Waals surface area (Å²) in [6, 6.07) is -0.0963. The molecular weight excluding hydrogens is 148 g/mol. The summed E-state index contributed by atoms with van der Waals surface area (Å²) in [5.74, 6) is 0. The molecule has 4 heteroatoms. The standard InChI is InChI=1S/C6H14N2OS/c1-3-4-5-7-6(9)8-10-2/h3-5H2,1-2H3,(H2,7,8,9). The topological polar surface area (TPSA) is 41.1 Å². The molecule has 0 saturated heterocycles. The number of carbonyl (C=O) groups is 1. The van der Waals surface area contributed by atoms with E-state index in [1.807, 2.05) is 6.26 Å². The number of amides is 2. The van der Waals surface area contributed by atoms with Crippen LogP contribution in [0.2, 0.25) is 0 Å². The molecule has 0 aromatic rings. The molecule has 0 aromatic carbocycles. The molecule has 10 heavy (non-hydrogen) atoms. The molecule has 0 aromatic heterocycles. The van der Waals surface area contributed by atoms with Crippen LogP contribution < -0.4 is 10.0 Å². The van der Waals surface area contributed by atoms with Crippen LogP contribution in [0, 0.1) is 0 Å². The van der Waals surface area contributed by atoms with Crippen molar-refractivity contribution in [3.05, 3.63) is 0 Å². The SMILES string of the molecule is CCCCNC(=O)NSC. The number of urea groups is 1. The number of carbonyl (C=O) groups excluding carboxylic acids is 1. The second-order valence-corrected chi connectivity index (χ2v) is 2.53. The van der Waals surface area contributed by atoms with Crippen molar-refractivity contribution in [3.8, 4) is 0 Å². The van der Waals surface area contributed by atoms with E-state index in [9.17, 15) is 4.79 Å². The number of unbranched alkanes of at least 4 members (excludes halogenated alkanes) is 1. The van der Waals surface area contributed by atoms with E-state index in [4.69, 9.17) is 0 Å². The molecule has 0 bridgehead atoms.